The number of hydrogen-bond acceptors (Lipinski definition) is 4. The van der Waals surface area contributed by atoms with Crippen LogP contribution in [-0.2, 0) is 11.3 Å². The Balaban J connectivity index is 2.60. The van der Waals surface area contributed by atoms with Crippen LogP contribution in [0.15, 0.2) is 23.4 Å². The Morgan fingerprint density at radius 1 is 1.58 bits per heavy atom. The van der Waals surface area contributed by atoms with Crippen LogP contribution in [0, 0.1) is 0 Å². The largest absolute Gasteiger partial charge is 0.409 e. The molecule has 5 nitrogen and oxygen atoms in total. The minimum absolute atomic E-state index is 0.0508. The van der Waals surface area contributed by atoms with Crippen molar-refractivity contribution in [3.63, 3.8) is 0 Å². The number of nitrogens with two attached hydrogens (primary N) is 1. The van der Waals surface area contributed by atoms with E-state index in [4.69, 9.17) is 27.3 Å². The maximum absolute atomic E-state index is 8.60. The molecule has 0 fully saturated rings. The molecule has 0 aliphatic heterocycles. The van der Waals surface area contributed by atoms with E-state index in [1.54, 1.807) is 19.2 Å². The van der Waals surface area contributed by atoms with E-state index in [1.807, 2.05) is 6.07 Å². The van der Waals surface area contributed by atoms with E-state index < -0.39 is 0 Å². The first-order valence-electron chi connectivity index (χ1n) is 6.07. The topological polar surface area (TPSA) is 79.9 Å². The lowest BCUT2D eigenvalue weighted by atomic mass is 10.1. The van der Waals surface area contributed by atoms with Gasteiger partial charge in [-0.3, -0.25) is 0 Å². The Morgan fingerprint density at radius 2 is 2.32 bits per heavy atom. The Labute approximate surface area is 118 Å². The number of nitrogens with zero attached hydrogens (tertiary/aromatic N) is 1. The molecule has 0 bridgehead atoms. The number of amidine groups is 1. The van der Waals surface area contributed by atoms with Gasteiger partial charge in [0.1, 0.15) is 0 Å². The molecule has 6 heteroatoms. The predicted molar refractivity (Wildman–Crippen MR) is 76.8 cm³/mol. The number of hydrogen-bond donors (Lipinski definition) is 3. The van der Waals surface area contributed by atoms with E-state index in [0.29, 0.717) is 23.2 Å². The summed E-state index contributed by atoms with van der Waals surface area (Å²) >= 11 is 6.16. The summed E-state index contributed by atoms with van der Waals surface area (Å²) < 4.78 is 5.03. The molecule has 19 heavy (non-hydrogen) atoms. The van der Waals surface area contributed by atoms with Crippen LogP contribution in [0.1, 0.15) is 24.5 Å². The highest BCUT2D eigenvalue weighted by atomic mass is 35.5. The molecule has 0 radical (unpaired) electrons. The highest BCUT2D eigenvalue weighted by molar-refractivity contribution is 6.31. The van der Waals surface area contributed by atoms with Gasteiger partial charge in [-0.1, -0.05) is 28.9 Å². The number of ether oxygens (including phenoxy) is 1. The Kier molecular flexibility index (Phi) is 6.62. The van der Waals surface area contributed by atoms with Crippen molar-refractivity contribution < 1.29 is 9.94 Å². The van der Waals surface area contributed by atoms with Gasteiger partial charge in [-0.05, 0) is 25.0 Å². The summed E-state index contributed by atoms with van der Waals surface area (Å²) in [7, 11) is 1.69. The monoisotopic (exact) mass is 285 g/mol. The number of nitrogens with one attached hydrogen (secondary N) is 1. The summed E-state index contributed by atoms with van der Waals surface area (Å²) in [5.41, 5.74) is 7.08. The van der Waals surface area contributed by atoms with Crippen LogP contribution >= 0.6 is 11.6 Å². The van der Waals surface area contributed by atoms with Gasteiger partial charge in [-0.25, -0.2) is 0 Å². The lowest BCUT2D eigenvalue weighted by Gasteiger charge is -2.14. The average Bonchev–Trinajstić information content (AvgIpc) is 2.42. The van der Waals surface area contributed by atoms with Gasteiger partial charge in [0, 0.05) is 36.9 Å². The number of benzene rings is 1. The van der Waals surface area contributed by atoms with Gasteiger partial charge in [0.2, 0.25) is 0 Å². The summed E-state index contributed by atoms with van der Waals surface area (Å²) in [5, 5.41) is 15.5. The summed E-state index contributed by atoms with van der Waals surface area (Å²) in [4.78, 5) is 0. The SMILES string of the molecule is COCCC(C)NCc1ccc(/C(N)=N/O)cc1Cl. The lowest BCUT2D eigenvalue weighted by molar-refractivity contribution is 0.184. The molecule has 0 heterocycles. The fraction of sp³-hybridized carbons (Fsp3) is 0.462. The van der Waals surface area contributed by atoms with E-state index in [1.165, 1.54) is 0 Å². The summed E-state index contributed by atoms with van der Waals surface area (Å²) in [6.07, 6.45) is 0.941. The van der Waals surface area contributed by atoms with Gasteiger partial charge in [0.05, 0.1) is 0 Å². The van der Waals surface area contributed by atoms with E-state index in [9.17, 15) is 0 Å². The molecule has 0 spiro atoms. The predicted octanol–water partition coefficient (Wildman–Crippen LogP) is 1.95. The standard InChI is InChI=1S/C13H20ClN3O2/c1-9(5-6-19-2)16-8-11-4-3-10(7-12(11)14)13(15)17-18/h3-4,7,9,16,18H,5-6,8H2,1-2H3,(H2,15,17). The van der Waals surface area contributed by atoms with Crippen LogP contribution < -0.4 is 11.1 Å². The molecule has 1 atom stereocenters. The smallest absolute Gasteiger partial charge is 0.170 e. The maximum atomic E-state index is 8.60. The second-order valence-corrected chi connectivity index (χ2v) is 4.76. The van der Waals surface area contributed by atoms with Crippen LogP contribution in [0.3, 0.4) is 0 Å². The molecule has 1 aromatic rings. The van der Waals surface area contributed by atoms with Gasteiger partial charge in [0.25, 0.3) is 0 Å². The Bertz CT molecular complexity index is 438. The number of methoxy groups -OCH3 is 1. The first-order chi connectivity index (χ1) is 9.08. The first kappa shape index (κ1) is 15.8. The minimum Gasteiger partial charge on any atom is -0.409 e. The van der Waals surface area contributed by atoms with Crippen LogP contribution in [0.2, 0.25) is 5.02 Å². The second kappa shape index (κ2) is 7.99. The molecule has 0 amide bonds. The van der Waals surface area contributed by atoms with Crippen molar-refractivity contribution in [2.24, 2.45) is 10.9 Å². The highest BCUT2D eigenvalue weighted by Gasteiger charge is 2.07. The first-order valence-corrected chi connectivity index (χ1v) is 6.45. The normalized spacial score (nSPS) is 13.5. The molecule has 0 saturated carbocycles. The summed E-state index contributed by atoms with van der Waals surface area (Å²) in [6.45, 7) is 3.49. The molecular weight excluding hydrogens is 266 g/mol. The number of rotatable bonds is 7. The van der Waals surface area contributed by atoms with Gasteiger partial charge in [-0.2, -0.15) is 0 Å². The molecule has 0 aliphatic rings. The molecule has 106 valence electrons. The number of halogens is 1. The third-order valence-corrected chi connectivity index (χ3v) is 3.20. The molecule has 1 aromatic carbocycles. The summed E-state index contributed by atoms with van der Waals surface area (Å²) in [5.74, 6) is 0.0508. The van der Waals surface area contributed by atoms with Gasteiger partial charge in [0.15, 0.2) is 5.84 Å². The minimum atomic E-state index is 0.0508. The van der Waals surface area contributed by atoms with Gasteiger partial charge >= 0.3 is 0 Å². The Hall–Kier alpha value is -1.30. The fourth-order valence-corrected chi connectivity index (χ4v) is 1.84. The zero-order valence-electron chi connectivity index (χ0n) is 11.2. The Morgan fingerprint density at radius 3 is 2.89 bits per heavy atom. The molecule has 4 N–H and O–H groups in total. The zero-order chi connectivity index (χ0) is 14.3. The van der Waals surface area contributed by atoms with Crippen LogP contribution in [-0.4, -0.2) is 30.8 Å². The van der Waals surface area contributed by atoms with Crippen LogP contribution in [0.5, 0.6) is 0 Å². The summed E-state index contributed by atoms with van der Waals surface area (Å²) in [6, 6.07) is 5.68. The number of oxime groups is 1. The van der Waals surface area contributed by atoms with E-state index >= 15 is 0 Å². The quantitative estimate of drug-likeness (QED) is 0.310. The highest BCUT2D eigenvalue weighted by Crippen LogP contribution is 2.18. The molecule has 0 saturated heterocycles. The van der Waals surface area contributed by atoms with Crippen molar-refractivity contribution in [2.75, 3.05) is 13.7 Å². The molecular formula is C13H20ClN3O2. The van der Waals surface area contributed by atoms with Crippen molar-refractivity contribution in [3.8, 4) is 0 Å². The van der Waals surface area contributed by atoms with Crippen LogP contribution in [0.25, 0.3) is 0 Å². The van der Waals surface area contributed by atoms with E-state index in [0.717, 1.165) is 18.6 Å². The lowest BCUT2D eigenvalue weighted by Crippen LogP contribution is -2.26. The third-order valence-electron chi connectivity index (χ3n) is 2.85. The molecule has 0 aromatic heterocycles. The molecule has 1 rings (SSSR count). The van der Waals surface area contributed by atoms with Crippen molar-refractivity contribution in [1.82, 2.24) is 5.32 Å². The van der Waals surface area contributed by atoms with E-state index in [-0.39, 0.29) is 5.84 Å². The molecule has 0 aliphatic carbocycles. The molecule has 1 unspecified atom stereocenters. The van der Waals surface area contributed by atoms with Crippen molar-refractivity contribution >= 4 is 17.4 Å². The van der Waals surface area contributed by atoms with Gasteiger partial charge in [-0.15, -0.1) is 0 Å². The van der Waals surface area contributed by atoms with Crippen molar-refractivity contribution in [3.05, 3.63) is 34.3 Å². The average molecular weight is 286 g/mol. The van der Waals surface area contributed by atoms with Gasteiger partial charge < -0.3 is 21.0 Å². The van der Waals surface area contributed by atoms with E-state index in [2.05, 4.69) is 17.4 Å². The fourth-order valence-electron chi connectivity index (χ4n) is 1.59. The van der Waals surface area contributed by atoms with Crippen molar-refractivity contribution in [2.45, 2.75) is 25.9 Å². The zero-order valence-corrected chi connectivity index (χ0v) is 11.9. The maximum Gasteiger partial charge on any atom is 0.170 e. The second-order valence-electron chi connectivity index (χ2n) is 4.35. The van der Waals surface area contributed by atoms with Crippen LogP contribution in [0.4, 0.5) is 0 Å². The van der Waals surface area contributed by atoms with Crippen molar-refractivity contribution in [1.29, 1.82) is 0 Å². The third kappa shape index (κ3) is 5.06.